The number of benzene rings is 1. The third-order valence-electron chi connectivity index (χ3n) is 6.23. The summed E-state index contributed by atoms with van der Waals surface area (Å²) in [6, 6.07) is 6.42. The zero-order valence-electron chi connectivity index (χ0n) is 18.6. The topological polar surface area (TPSA) is 69.7 Å². The van der Waals surface area contributed by atoms with E-state index in [1.54, 1.807) is 24.3 Å². The van der Waals surface area contributed by atoms with Gasteiger partial charge in [0.15, 0.2) is 0 Å². The number of carbonyl (C=O) groups is 3. The molecule has 31 heavy (non-hydrogen) atoms. The van der Waals surface area contributed by atoms with E-state index in [4.69, 9.17) is 11.6 Å². The smallest absolute Gasteiger partial charge is 0.253 e. The van der Waals surface area contributed by atoms with E-state index < -0.39 is 6.04 Å². The summed E-state index contributed by atoms with van der Waals surface area (Å²) in [5, 5.41) is 3.65. The predicted molar refractivity (Wildman–Crippen MR) is 122 cm³/mol. The highest BCUT2D eigenvalue weighted by molar-refractivity contribution is 6.30. The lowest BCUT2D eigenvalue weighted by atomic mass is 9.87. The molecular formula is C24H34ClN3O3. The number of hydrogen-bond acceptors (Lipinski definition) is 3. The van der Waals surface area contributed by atoms with Crippen LogP contribution in [0.4, 0.5) is 0 Å². The average molecular weight is 448 g/mol. The fraction of sp³-hybridized carbons (Fsp3) is 0.625. The highest BCUT2D eigenvalue weighted by Crippen LogP contribution is 2.25. The first-order valence-corrected chi connectivity index (χ1v) is 11.9. The number of carbonyl (C=O) groups excluding carboxylic acids is 3. The third-order valence-corrected chi connectivity index (χ3v) is 6.49. The molecule has 2 saturated heterocycles. The van der Waals surface area contributed by atoms with Crippen LogP contribution in [0.15, 0.2) is 24.3 Å². The van der Waals surface area contributed by atoms with Gasteiger partial charge in [0.2, 0.25) is 11.8 Å². The maximum Gasteiger partial charge on any atom is 0.253 e. The Hall–Kier alpha value is -2.08. The van der Waals surface area contributed by atoms with Crippen molar-refractivity contribution in [1.82, 2.24) is 15.1 Å². The number of halogens is 1. The molecule has 3 amide bonds. The van der Waals surface area contributed by atoms with Gasteiger partial charge in [0.1, 0.15) is 6.04 Å². The lowest BCUT2D eigenvalue weighted by molar-refractivity contribution is -0.139. The van der Waals surface area contributed by atoms with E-state index in [2.05, 4.69) is 5.32 Å². The molecule has 2 aliphatic heterocycles. The van der Waals surface area contributed by atoms with Crippen molar-refractivity contribution in [2.24, 2.45) is 11.8 Å². The SMILES string of the molecule is CC(C)CC(=O)N[C@@H](C(=O)N1CCCCC1)C1CCN(C(=O)c2ccc(Cl)cc2)CC1. The molecule has 0 saturated carbocycles. The Morgan fingerprint density at radius 2 is 1.58 bits per heavy atom. The zero-order valence-corrected chi connectivity index (χ0v) is 19.4. The van der Waals surface area contributed by atoms with E-state index in [-0.39, 0.29) is 29.6 Å². The van der Waals surface area contributed by atoms with Gasteiger partial charge in [-0.1, -0.05) is 25.4 Å². The molecule has 0 aliphatic carbocycles. The molecular weight excluding hydrogens is 414 g/mol. The van der Waals surface area contributed by atoms with Gasteiger partial charge < -0.3 is 15.1 Å². The van der Waals surface area contributed by atoms with Crippen LogP contribution in [0.1, 0.15) is 62.7 Å². The Kier molecular flexibility index (Phi) is 8.35. The van der Waals surface area contributed by atoms with Gasteiger partial charge in [-0.3, -0.25) is 14.4 Å². The zero-order chi connectivity index (χ0) is 22.4. The molecule has 170 valence electrons. The Bertz CT molecular complexity index is 767. The highest BCUT2D eigenvalue weighted by Gasteiger charge is 2.36. The molecule has 3 rings (SSSR count). The van der Waals surface area contributed by atoms with Crippen molar-refractivity contribution in [2.75, 3.05) is 26.2 Å². The van der Waals surface area contributed by atoms with Gasteiger partial charge >= 0.3 is 0 Å². The van der Waals surface area contributed by atoms with Crippen molar-refractivity contribution in [3.8, 4) is 0 Å². The van der Waals surface area contributed by atoms with Crippen LogP contribution in [0.3, 0.4) is 0 Å². The fourth-order valence-electron chi connectivity index (χ4n) is 4.51. The lowest BCUT2D eigenvalue weighted by Gasteiger charge is -2.38. The number of hydrogen-bond donors (Lipinski definition) is 1. The van der Waals surface area contributed by atoms with E-state index in [0.717, 1.165) is 32.4 Å². The van der Waals surface area contributed by atoms with E-state index in [9.17, 15) is 14.4 Å². The van der Waals surface area contributed by atoms with Crippen LogP contribution >= 0.6 is 11.6 Å². The lowest BCUT2D eigenvalue weighted by Crippen LogP contribution is -2.55. The first-order chi connectivity index (χ1) is 14.8. The van der Waals surface area contributed by atoms with Crippen LogP contribution in [0.5, 0.6) is 0 Å². The summed E-state index contributed by atoms with van der Waals surface area (Å²) in [4.78, 5) is 42.4. The summed E-state index contributed by atoms with van der Waals surface area (Å²) >= 11 is 5.93. The number of nitrogens with one attached hydrogen (secondary N) is 1. The van der Waals surface area contributed by atoms with Crippen molar-refractivity contribution in [2.45, 2.75) is 58.4 Å². The third kappa shape index (κ3) is 6.45. The molecule has 1 atom stereocenters. The second-order valence-electron chi connectivity index (χ2n) is 9.17. The van der Waals surface area contributed by atoms with Gasteiger partial charge in [0.05, 0.1) is 0 Å². The molecule has 2 heterocycles. The summed E-state index contributed by atoms with van der Waals surface area (Å²) in [7, 11) is 0. The van der Waals surface area contributed by atoms with E-state index in [0.29, 0.717) is 42.9 Å². The van der Waals surface area contributed by atoms with Crippen LogP contribution in [-0.4, -0.2) is 59.7 Å². The molecule has 0 radical (unpaired) electrons. The Labute approximate surface area is 190 Å². The van der Waals surface area contributed by atoms with E-state index in [1.165, 1.54) is 0 Å². The summed E-state index contributed by atoms with van der Waals surface area (Å²) < 4.78 is 0. The van der Waals surface area contributed by atoms with Crippen molar-refractivity contribution >= 4 is 29.3 Å². The van der Waals surface area contributed by atoms with Gasteiger partial charge in [-0.2, -0.15) is 0 Å². The Balaban J connectivity index is 1.65. The number of nitrogens with zero attached hydrogens (tertiary/aromatic N) is 2. The van der Waals surface area contributed by atoms with E-state index >= 15 is 0 Å². The molecule has 0 spiro atoms. The second-order valence-corrected chi connectivity index (χ2v) is 9.60. The number of rotatable bonds is 6. The minimum atomic E-state index is -0.503. The van der Waals surface area contributed by atoms with Crippen LogP contribution in [0.2, 0.25) is 5.02 Å². The highest BCUT2D eigenvalue weighted by atomic mass is 35.5. The molecule has 6 nitrogen and oxygen atoms in total. The monoisotopic (exact) mass is 447 g/mol. The standard InChI is InChI=1S/C24H34ClN3O3/c1-17(2)16-21(29)26-22(24(31)27-12-4-3-5-13-27)18-10-14-28(15-11-18)23(30)19-6-8-20(25)9-7-19/h6-9,17-18,22H,3-5,10-16H2,1-2H3,(H,26,29)/t22-/m1/s1. The quantitative estimate of drug-likeness (QED) is 0.722. The molecule has 0 unspecified atom stereocenters. The van der Waals surface area contributed by atoms with Gasteiger partial charge in [0, 0.05) is 43.2 Å². The van der Waals surface area contributed by atoms with Gasteiger partial charge in [-0.25, -0.2) is 0 Å². The predicted octanol–water partition coefficient (Wildman–Crippen LogP) is 3.74. The fourth-order valence-corrected chi connectivity index (χ4v) is 4.63. The normalized spacial score (nSPS) is 18.7. The Morgan fingerprint density at radius 1 is 0.968 bits per heavy atom. The van der Waals surface area contributed by atoms with E-state index in [1.807, 2.05) is 23.6 Å². The van der Waals surface area contributed by atoms with Crippen LogP contribution < -0.4 is 5.32 Å². The molecule has 2 fully saturated rings. The molecule has 1 aromatic carbocycles. The van der Waals surface area contributed by atoms with Gasteiger partial charge in [0.25, 0.3) is 5.91 Å². The maximum absolute atomic E-state index is 13.3. The summed E-state index contributed by atoms with van der Waals surface area (Å²) in [5.41, 5.74) is 0.619. The molecule has 1 N–H and O–H groups in total. The summed E-state index contributed by atoms with van der Waals surface area (Å²) in [6.07, 6.45) is 5.01. The van der Waals surface area contributed by atoms with Crippen molar-refractivity contribution in [1.29, 1.82) is 0 Å². The van der Waals surface area contributed by atoms with Crippen molar-refractivity contribution in [3.05, 3.63) is 34.9 Å². The minimum Gasteiger partial charge on any atom is -0.344 e. The van der Waals surface area contributed by atoms with Crippen LogP contribution in [0.25, 0.3) is 0 Å². The maximum atomic E-state index is 13.3. The largest absolute Gasteiger partial charge is 0.344 e. The molecule has 2 aliphatic rings. The second kappa shape index (κ2) is 11.0. The molecule has 0 aromatic heterocycles. The number of amides is 3. The first kappa shape index (κ1) is 23.6. The summed E-state index contributed by atoms with van der Waals surface area (Å²) in [5.74, 6) is 0.242. The van der Waals surface area contributed by atoms with Crippen molar-refractivity contribution in [3.63, 3.8) is 0 Å². The molecule has 7 heteroatoms. The average Bonchev–Trinajstić information content (AvgIpc) is 2.77. The van der Waals surface area contributed by atoms with Crippen LogP contribution in [-0.2, 0) is 9.59 Å². The molecule has 1 aromatic rings. The minimum absolute atomic E-state index is 0.0159. The summed E-state index contributed by atoms with van der Waals surface area (Å²) in [6.45, 7) is 6.70. The van der Waals surface area contributed by atoms with Gasteiger partial charge in [-0.15, -0.1) is 0 Å². The van der Waals surface area contributed by atoms with Crippen molar-refractivity contribution < 1.29 is 14.4 Å². The Morgan fingerprint density at radius 3 is 2.16 bits per heavy atom. The molecule has 0 bridgehead atoms. The van der Waals surface area contributed by atoms with Gasteiger partial charge in [-0.05, 0) is 68.2 Å². The number of likely N-dealkylation sites (tertiary alicyclic amines) is 2. The number of piperidine rings is 2. The van der Waals surface area contributed by atoms with Crippen LogP contribution in [0, 0.1) is 11.8 Å². The first-order valence-electron chi connectivity index (χ1n) is 11.5.